The fourth-order valence-electron chi connectivity index (χ4n) is 1.94. The topological polar surface area (TPSA) is 117 Å². The molecule has 0 unspecified atom stereocenters. The SMILES string of the molecule is CCOC(=O)Nc1ccccc1.CCOC(=O)Nc1ccccc1.OCCC#CC#CCCO. The first-order valence-electron chi connectivity index (χ1n) is 10.7. The highest BCUT2D eigenvalue weighted by Crippen LogP contribution is 2.05. The Morgan fingerprint density at radius 1 is 0.706 bits per heavy atom. The van der Waals surface area contributed by atoms with Crippen molar-refractivity contribution in [2.24, 2.45) is 0 Å². The summed E-state index contributed by atoms with van der Waals surface area (Å²) in [6.45, 7) is 4.47. The lowest BCUT2D eigenvalue weighted by Crippen LogP contribution is -2.12. The molecular weight excluding hydrogens is 436 g/mol. The van der Waals surface area contributed by atoms with Crippen molar-refractivity contribution < 1.29 is 29.3 Å². The molecule has 0 aromatic heterocycles. The van der Waals surface area contributed by atoms with Crippen LogP contribution in [-0.2, 0) is 9.47 Å². The van der Waals surface area contributed by atoms with E-state index in [1.807, 2.05) is 36.4 Å². The summed E-state index contributed by atoms with van der Waals surface area (Å²) in [5, 5.41) is 21.7. The predicted molar refractivity (Wildman–Crippen MR) is 133 cm³/mol. The zero-order chi connectivity index (χ0) is 25.3. The maximum absolute atomic E-state index is 10.9. The first kappa shape index (κ1) is 30.0. The van der Waals surface area contributed by atoms with Crippen molar-refractivity contribution in [1.29, 1.82) is 0 Å². The minimum Gasteiger partial charge on any atom is -0.450 e. The number of hydrogen-bond donors (Lipinski definition) is 4. The Balaban J connectivity index is 0.000000484. The maximum Gasteiger partial charge on any atom is 0.411 e. The van der Waals surface area contributed by atoms with Gasteiger partial charge in [0.1, 0.15) is 0 Å². The summed E-state index contributed by atoms with van der Waals surface area (Å²) < 4.78 is 9.39. The molecule has 0 bridgehead atoms. The van der Waals surface area contributed by atoms with Gasteiger partial charge in [0.15, 0.2) is 0 Å². The van der Waals surface area contributed by atoms with Crippen LogP contribution in [-0.4, -0.2) is 48.8 Å². The normalized spacial score (nSPS) is 8.47. The highest BCUT2D eigenvalue weighted by molar-refractivity contribution is 5.84. The predicted octanol–water partition coefficient (Wildman–Crippen LogP) is 4.27. The lowest BCUT2D eigenvalue weighted by atomic mass is 10.3. The average molecular weight is 469 g/mol. The molecule has 0 saturated heterocycles. The number of rotatable bonds is 6. The molecular formula is C26H32N2O6. The van der Waals surface area contributed by atoms with Crippen molar-refractivity contribution in [2.75, 3.05) is 37.1 Å². The zero-order valence-corrected chi connectivity index (χ0v) is 19.5. The van der Waals surface area contributed by atoms with Crippen molar-refractivity contribution in [3.63, 3.8) is 0 Å². The number of carbonyl (C=O) groups excluding carboxylic acids is 2. The van der Waals surface area contributed by atoms with Crippen LogP contribution >= 0.6 is 0 Å². The third-order valence-corrected chi connectivity index (χ3v) is 3.30. The van der Waals surface area contributed by atoms with Gasteiger partial charge in [-0.05, 0) is 50.0 Å². The van der Waals surface area contributed by atoms with Gasteiger partial charge < -0.3 is 19.7 Å². The molecule has 2 amide bonds. The van der Waals surface area contributed by atoms with Gasteiger partial charge in [-0.3, -0.25) is 10.6 Å². The monoisotopic (exact) mass is 468 g/mol. The van der Waals surface area contributed by atoms with Crippen LogP contribution in [0.5, 0.6) is 0 Å². The molecule has 2 aromatic rings. The Hall–Kier alpha value is -3.98. The molecule has 0 fully saturated rings. The van der Waals surface area contributed by atoms with E-state index in [1.165, 1.54) is 0 Å². The minimum absolute atomic E-state index is 0.0781. The second-order valence-electron chi connectivity index (χ2n) is 5.97. The number of amides is 2. The highest BCUT2D eigenvalue weighted by atomic mass is 16.6. The number of aliphatic hydroxyl groups is 2. The van der Waals surface area contributed by atoms with E-state index in [-0.39, 0.29) is 13.2 Å². The summed E-state index contributed by atoms with van der Waals surface area (Å²) >= 11 is 0. The molecule has 0 saturated carbocycles. The standard InChI is InChI=1S/2C9H11NO2.C8H10O2/c2*1-2-12-9(11)10-8-6-4-3-5-7-8;9-7-5-3-1-2-4-6-8-10/h2*3-7H,2H2,1H3,(H,10,11);9-10H,5-8H2. The number of carbonyl (C=O) groups is 2. The largest absolute Gasteiger partial charge is 0.450 e. The van der Waals surface area contributed by atoms with Crippen LogP contribution < -0.4 is 10.6 Å². The molecule has 0 spiro atoms. The molecule has 34 heavy (non-hydrogen) atoms. The van der Waals surface area contributed by atoms with Crippen molar-refractivity contribution in [3.8, 4) is 23.7 Å². The summed E-state index contributed by atoms with van der Waals surface area (Å²) in [5.41, 5.74) is 1.49. The van der Waals surface area contributed by atoms with Crippen molar-refractivity contribution in [3.05, 3.63) is 60.7 Å². The van der Waals surface area contributed by atoms with Crippen LogP contribution in [0.4, 0.5) is 21.0 Å². The van der Waals surface area contributed by atoms with E-state index in [4.69, 9.17) is 19.7 Å². The van der Waals surface area contributed by atoms with E-state index in [9.17, 15) is 9.59 Å². The van der Waals surface area contributed by atoms with Crippen LogP contribution in [0.25, 0.3) is 0 Å². The lowest BCUT2D eigenvalue weighted by molar-refractivity contribution is 0.167. The molecule has 8 heteroatoms. The maximum atomic E-state index is 10.9. The Labute approximate surface area is 201 Å². The van der Waals surface area contributed by atoms with Gasteiger partial charge >= 0.3 is 12.2 Å². The van der Waals surface area contributed by atoms with Gasteiger partial charge in [0, 0.05) is 24.2 Å². The van der Waals surface area contributed by atoms with Crippen LogP contribution in [0.15, 0.2) is 60.7 Å². The molecule has 182 valence electrons. The number of anilines is 2. The van der Waals surface area contributed by atoms with E-state index in [2.05, 4.69) is 34.3 Å². The van der Waals surface area contributed by atoms with Gasteiger partial charge in [0.25, 0.3) is 0 Å². The van der Waals surface area contributed by atoms with Gasteiger partial charge in [-0.2, -0.15) is 0 Å². The molecule has 2 aromatic carbocycles. The third kappa shape index (κ3) is 18.8. The second-order valence-corrected chi connectivity index (χ2v) is 5.97. The molecule has 0 aliphatic heterocycles. The number of hydrogen-bond acceptors (Lipinski definition) is 6. The number of nitrogens with one attached hydrogen (secondary N) is 2. The zero-order valence-electron chi connectivity index (χ0n) is 19.5. The van der Waals surface area contributed by atoms with Gasteiger partial charge in [-0.1, -0.05) is 48.2 Å². The fraction of sp³-hybridized carbons (Fsp3) is 0.308. The number of aliphatic hydroxyl groups excluding tert-OH is 2. The van der Waals surface area contributed by atoms with E-state index >= 15 is 0 Å². The molecule has 0 atom stereocenters. The molecule has 0 heterocycles. The number of ether oxygens (including phenoxy) is 2. The Bertz CT molecular complexity index is 835. The average Bonchev–Trinajstić information content (AvgIpc) is 2.84. The van der Waals surface area contributed by atoms with Crippen molar-refractivity contribution in [2.45, 2.75) is 26.7 Å². The Morgan fingerprint density at radius 2 is 1.06 bits per heavy atom. The van der Waals surface area contributed by atoms with Crippen molar-refractivity contribution >= 4 is 23.6 Å². The van der Waals surface area contributed by atoms with Crippen LogP contribution in [0, 0.1) is 23.7 Å². The van der Waals surface area contributed by atoms with E-state index in [1.54, 1.807) is 38.1 Å². The Kier molecular flexibility index (Phi) is 19.6. The van der Waals surface area contributed by atoms with Crippen LogP contribution in [0.3, 0.4) is 0 Å². The lowest BCUT2D eigenvalue weighted by Gasteiger charge is -2.03. The van der Waals surface area contributed by atoms with Crippen LogP contribution in [0.2, 0.25) is 0 Å². The van der Waals surface area contributed by atoms with E-state index in [0.29, 0.717) is 26.1 Å². The van der Waals surface area contributed by atoms with Crippen molar-refractivity contribution in [1.82, 2.24) is 0 Å². The number of para-hydroxylation sites is 2. The quantitative estimate of drug-likeness (QED) is 0.471. The minimum atomic E-state index is -0.413. The third-order valence-electron chi connectivity index (χ3n) is 3.30. The summed E-state index contributed by atoms with van der Waals surface area (Å²) in [6.07, 6.45) is 0.106. The Morgan fingerprint density at radius 3 is 1.35 bits per heavy atom. The molecule has 4 N–H and O–H groups in total. The van der Waals surface area contributed by atoms with Gasteiger partial charge in [0.2, 0.25) is 0 Å². The fourth-order valence-corrected chi connectivity index (χ4v) is 1.94. The van der Waals surface area contributed by atoms with E-state index in [0.717, 1.165) is 11.4 Å². The summed E-state index contributed by atoms with van der Waals surface area (Å²) in [7, 11) is 0. The summed E-state index contributed by atoms with van der Waals surface area (Å²) in [6, 6.07) is 18.4. The smallest absolute Gasteiger partial charge is 0.411 e. The van der Waals surface area contributed by atoms with Gasteiger partial charge in [-0.25, -0.2) is 9.59 Å². The van der Waals surface area contributed by atoms with E-state index < -0.39 is 12.2 Å². The van der Waals surface area contributed by atoms with Gasteiger partial charge in [-0.15, -0.1) is 0 Å². The molecule has 0 aliphatic carbocycles. The number of benzene rings is 2. The van der Waals surface area contributed by atoms with Crippen LogP contribution in [0.1, 0.15) is 26.7 Å². The molecule has 2 rings (SSSR count). The molecule has 0 aliphatic rings. The first-order chi connectivity index (χ1) is 16.6. The molecule has 0 radical (unpaired) electrons. The summed E-state index contributed by atoms with van der Waals surface area (Å²) in [4.78, 5) is 21.8. The summed E-state index contributed by atoms with van der Waals surface area (Å²) in [5.74, 6) is 10.4. The first-order valence-corrected chi connectivity index (χ1v) is 10.7. The van der Waals surface area contributed by atoms with Gasteiger partial charge in [0.05, 0.1) is 26.4 Å². The molecule has 8 nitrogen and oxygen atoms in total. The second kappa shape index (κ2) is 22.2. The highest BCUT2D eigenvalue weighted by Gasteiger charge is 1.99.